The molecule has 16 heavy (non-hydrogen) atoms. The number of methoxy groups -OCH3 is 1. The molecule has 2 heteroatoms. The van der Waals surface area contributed by atoms with E-state index in [9.17, 15) is 0 Å². The lowest BCUT2D eigenvalue weighted by Gasteiger charge is -2.02. The van der Waals surface area contributed by atoms with Crippen molar-refractivity contribution in [3.05, 3.63) is 35.9 Å². The van der Waals surface area contributed by atoms with E-state index in [2.05, 4.69) is 35.3 Å². The van der Waals surface area contributed by atoms with Gasteiger partial charge in [0.05, 0.1) is 12.6 Å². The molecule has 0 N–H and O–H groups in total. The van der Waals surface area contributed by atoms with Gasteiger partial charge in [-0.2, -0.15) is 0 Å². The molecule has 2 nitrogen and oxygen atoms in total. The zero-order valence-corrected chi connectivity index (χ0v) is 9.86. The van der Waals surface area contributed by atoms with Gasteiger partial charge in [-0.05, 0) is 31.2 Å². The molecule has 0 aromatic heterocycles. The van der Waals surface area contributed by atoms with Crippen molar-refractivity contribution in [2.24, 2.45) is 4.99 Å². The van der Waals surface area contributed by atoms with Crippen LogP contribution in [0.5, 0.6) is 0 Å². The first-order valence-electron chi connectivity index (χ1n) is 5.97. The summed E-state index contributed by atoms with van der Waals surface area (Å²) in [5.74, 6) is 0. The van der Waals surface area contributed by atoms with Gasteiger partial charge in [-0.3, -0.25) is 4.99 Å². The highest BCUT2D eigenvalue weighted by molar-refractivity contribution is 5.86. The maximum absolute atomic E-state index is 5.13. The van der Waals surface area contributed by atoms with Crippen molar-refractivity contribution >= 4 is 5.71 Å². The summed E-state index contributed by atoms with van der Waals surface area (Å²) >= 11 is 0. The summed E-state index contributed by atoms with van der Waals surface area (Å²) < 4.78 is 5.13. The van der Waals surface area contributed by atoms with E-state index in [1.165, 1.54) is 11.3 Å². The van der Waals surface area contributed by atoms with Crippen LogP contribution in [-0.4, -0.2) is 25.5 Å². The SMILES string of the molecule is COCC1CCC(CCc2ccccc2)=N1. The van der Waals surface area contributed by atoms with Crippen LogP contribution in [0.3, 0.4) is 0 Å². The number of nitrogens with zero attached hydrogens (tertiary/aromatic N) is 1. The Bertz CT molecular complexity index is 345. The lowest BCUT2D eigenvalue weighted by molar-refractivity contribution is 0.181. The molecular formula is C14H19NO. The third-order valence-electron chi connectivity index (χ3n) is 3.04. The number of benzene rings is 1. The predicted molar refractivity (Wildman–Crippen MR) is 67.1 cm³/mol. The quantitative estimate of drug-likeness (QED) is 0.743. The van der Waals surface area contributed by atoms with Crippen LogP contribution in [0.1, 0.15) is 24.8 Å². The first-order valence-corrected chi connectivity index (χ1v) is 5.97. The van der Waals surface area contributed by atoms with Gasteiger partial charge in [0.15, 0.2) is 0 Å². The topological polar surface area (TPSA) is 21.6 Å². The van der Waals surface area contributed by atoms with E-state index < -0.39 is 0 Å². The predicted octanol–water partition coefficient (Wildman–Crippen LogP) is 2.87. The molecule has 0 radical (unpaired) electrons. The van der Waals surface area contributed by atoms with Crippen molar-refractivity contribution in [3.8, 4) is 0 Å². The van der Waals surface area contributed by atoms with Crippen molar-refractivity contribution in [3.63, 3.8) is 0 Å². The molecule has 1 aromatic carbocycles. The molecule has 0 amide bonds. The molecule has 0 fully saturated rings. The average Bonchev–Trinajstić information content (AvgIpc) is 2.76. The number of rotatable bonds is 5. The minimum Gasteiger partial charge on any atom is -0.382 e. The van der Waals surface area contributed by atoms with Gasteiger partial charge in [0.1, 0.15) is 0 Å². The van der Waals surface area contributed by atoms with E-state index in [1.54, 1.807) is 7.11 Å². The van der Waals surface area contributed by atoms with Crippen molar-refractivity contribution in [1.82, 2.24) is 0 Å². The Morgan fingerprint density at radius 3 is 2.81 bits per heavy atom. The Hall–Kier alpha value is -1.15. The Kier molecular flexibility index (Phi) is 4.11. The monoisotopic (exact) mass is 217 g/mol. The van der Waals surface area contributed by atoms with Gasteiger partial charge in [0, 0.05) is 12.8 Å². The minimum absolute atomic E-state index is 0.413. The van der Waals surface area contributed by atoms with E-state index in [0.717, 1.165) is 32.3 Å². The molecule has 0 spiro atoms. The summed E-state index contributed by atoms with van der Waals surface area (Å²) in [5.41, 5.74) is 2.77. The maximum Gasteiger partial charge on any atom is 0.0735 e. The number of hydrogen-bond donors (Lipinski definition) is 0. The Morgan fingerprint density at radius 1 is 1.25 bits per heavy atom. The summed E-state index contributed by atoms with van der Waals surface area (Å²) in [5, 5.41) is 0. The summed E-state index contributed by atoms with van der Waals surface area (Å²) in [6.45, 7) is 0.773. The van der Waals surface area contributed by atoms with Crippen LogP contribution >= 0.6 is 0 Å². The summed E-state index contributed by atoms with van der Waals surface area (Å²) in [7, 11) is 1.75. The van der Waals surface area contributed by atoms with Gasteiger partial charge in [-0.15, -0.1) is 0 Å². The van der Waals surface area contributed by atoms with Crippen molar-refractivity contribution < 1.29 is 4.74 Å². The summed E-state index contributed by atoms with van der Waals surface area (Å²) in [6.07, 6.45) is 4.53. The normalized spacial score (nSPS) is 19.8. The third-order valence-corrected chi connectivity index (χ3v) is 3.04. The van der Waals surface area contributed by atoms with Crippen LogP contribution in [0.25, 0.3) is 0 Å². The molecule has 86 valence electrons. The Labute approximate surface area is 97.4 Å². The van der Waals surface area contributed by atoms with Crippen LogP contribution in [0, 0.1) is 0 Å². The lowest BCUT2D eigenvalue weighted by Crippen LogP contribution is -2.07. The molecule has 0 saturated carbocycles. The molecule has 1 aliphatic rings. The zero-order chi connectivity index (χ0) is 11.2. The molecule has 1 atom stereocenters. The molecule has 1 aromatic rings. The molecule has 0 bridgehead atoms. The van der Waals surface area contributed by atoms with E-state index in [0.29, 0.717) is 6.04 Å². The summed E-state index contributed by atoms with van der Waals surface area (Å²) in [4.78, 5) is 4.68. The van der Waals surface area contributed by atoms with E-state index >= 15 is 0 Å². The maximum atomic E-state index is 5.13. The van der Waals surface area contributed by atoms with Crippen molar-refractivity contribution in [1.29, 1.82) is 0 Å². The fraction of sp³-hybridized carbons (Fsp3) is 0.500. The fourth-order valence-electron chi connectivity index (χ4n) is 2.16. The molecule has 1 heterocycles. The third kappa shape index (κ3) is 3.17. The van der Waals surface area contributed by atoms with Gasteiger partial charge in [-0.25, -0.2) is 0 Å². The van der Waals surface area contributed by atoms with E-state index in [-0.39, 0.29) is 0 Å². The highest BCUT2D eigenvalue weighted by atomic mass is 16.5. The van der Waals surface area contributed by atoms with Crippen LogP contribution in [-0.2, 0) is 11.2 Å². The molecule has 0 saturated heterocycles. The first kappa shape index (κ1) is 11.3. The van der Waals surface area contributed by atoms with Crippen molar-refractivity contribution in [2.75, 3.05) is 13.7 Å². The lowest BCUT2D eigenvalue weighted by atomic mass is 10.1. The number of ether oxygens (including phenoxy) is 1. The van der Waals surface area contributed by atoms with Crippen LogP contribution in [0.2, 0.25) is 0 Å². The second-order valence-electron chi connectivity index (χ2n) is 4.33. The molecule has 0 aliphatic carbocycles. The first-order chi connectivity index (χ1) is 7.88. The van der Waals surface area contributed by atoms with E-state index in [4.69, 9.17) is 4.74 Å². The van der Waals surface area contributed by atoms with Crippen LogP contribution in [0.4, 0.5) is 0 Å². The fourth-order valence-corrected chi connectivity index (χ4v) is 2.16. The van der Waals surface area contributed by atoms with Gasteiger partial charge < -0.3 is 4.74 Å². The number of aryl methyl sites for hydroxylation is 1. The van der Waals surface area contributed by atoms with Crippen molar-refractivity contribution in [2.45, 2.75) is 31.7 Å². The van der Waals surface area contributed by atoms with Gasteiger partial charge in [0.25, 0.3) is 0 Å². The largest absolute Gasteiger partial charge is 0.382 e. The van der Waals surface area contributed by atoms with Crippen LogP contribution in [0.15, 0.2) is 35.3 Å². The number of hydrogen-bond acceptors (Lipinski definition) is 2. The average molecular weight is 217 g/mol. The Balaban J connectivity index is 1.81. The van der Waals surface area contributed by atoms with E-state index in [1.807, 2.05) is 0 Å². The Morgan fingerprint density at radius 2 is 2.06 bits per heavy atom. The highest BCUT2D eigenvalue weighted by Gasteiger charge is 2.16. The number of aliphatic imine (C=N–C) groups is 1. The molecular weight excluding hydrogens is 198 g/mol. The van der Waals surface area contributed by atoms with Crippen LogP contribution < -0.4 is 0 Å². The smallest absolute Gasteiger partial charge is 0.0735 e. The molecule has 2 rings (SSSR count). The minimum atomic E-state index is 0.413. The standard InChI is InChI=1S/C14H19NO/c1-16-11-14-10-9-13(15-14)8-7-12-5-3-2-4-6-12/h2-6,14H,7-11H2,1H3. The van der Waals surface area contributed by atoms with Gasteiger partial charge in [0.2, 0.25) is 0 Å². The highest BCUT2D eigenvalue weighted by Crippen LogP contribution is 2.17. The van der Waals surface area contributed by atoms with Gasteiger partial charge >= 0.3 is 0 Å². The second kappa shape index (κ2) is 5.80. The zero-order valence-electron chi connectivity index (χ0n) is 9.86. The van der Waals surface area contributed by atoms with Gasteiger partial charge in [-0.1, -0.05) is 30.3 Å². The second-order valence-corrected chi connectivity index (χ2v) is 4.33. The molecule has 1 aliphatic heterocycles. The molecule has 1 unspecified atom stereocenters. The summed E-state index contributed by atoms with van der Waals surface area (Å²) in [6, 6.07) is 11.0.